The Morgan fingerprint density at radius 1 is 1.20 bits per heavy atom. The summed E-state index contributed by atoms with van der Waals surface area (Å²) in [6.45, 7) is 4.12. The Bertz CT molecular complexity index is 434. The van der Waals surface area contributed by atoms with Gasteiger partial charge >= 0.3 is 0 Å². The summed E-state index contributed by atoms with van der Waals surface area (Å²) < 4.78 is 10.4. The average Bonchev–Trinajstić information content (AvgIpc) is 2.64. The molecule has 0 aliphatic carbocycles. The zero-order chi connectivity index (χ0) is 10.7. The van der Waals surface area contributed by atoms with Crippen LogP contribution in [0.5, 0.6) is 5.75 Å². The first-order valence-electron chi connectivity index (χ1n) is 4.73. The zero-order valence-electron chi connectivity index (χ0n) is 8.73. The molecule has 0 spiro atoms. The van der Waals surface area contributed by atoms with Gasteiger partial charge in [0.15, 0.2) is 12.4 Å². The summed E-state index contributed by atoms with van der Waals surface area (Å²) in [7, 11) is 0. The molecule has 4 heteroatoms. The number of ether oxygens (including phenoxy) is 1. The lowest BCUT2D eigenvalue weighted by molar-refractivity contribution is 0.242. The van der Waals surface area contributed by atoms with Gasteiger partial charge in [0.1, 0.15) is 5.75 Å². The first kappa shape index (κ1) is 9.71. The molecule has 4 nitrogen and oxygen atoms in total. The lowest BCUT2D eigenvalue weighted by Gasteiger charge is -2.02. The maximum Gasteiger partial charge on any atom is 0.264 e. The van der Waals surface area contributed by atoms with Gasteiger partial charge in [-0.2, -0.15) is 4.98 Å². The lowest BCUT2D eigenvalue weighted by Crippen LogP contribution is -1.95. The van der Waals surface area contributed by atoms with Gasteiger partial charge in [-0.1, -0.05) is 22.9 Å². The maximum absolute atomic E-state index is 5.46. The molecule has 0 saturated carbocycles. The molecule has 0 atom stereocenters. The van der Waals surface area contributed by atoms with Gasteiger partial charge in [0.2, 0.25) is 0 Å². The van der Waals surface area contributed by atoms with Crippen LogP contribution >= 0.6 is 0 Å². The Morgan fingerprint density at radius 3 is 2.53 bits per heavy atom. The number of hydrogen-bond acceptors (Lipinski definition) is 4. The third-order valence-electron chi connectivity index (χ3n) is 1.95. The molecule has 2 aromatic rings. The fourth-order valence-corrected chi connectivity index (χ4v) is 1.18. The van der Waals surface area contributed by atoms with Crippen molar-refractivity contribution in [2.45, 2.75) is 20.5 Å². The van der Waals surface area contributed by atoms with E-state index in [4.69, 9.17) is 9.26 Å². The van der Waals surface area contributed by atoms with E-state index >= 15 is 0 Å². The molecule has 0 unspecified atom stereocenters. The number of benzene rings is 1. The van der Waals surface area contributed by atoms with Crippen molar-refractivity contribution in [2.24, 2.45) is 0 Å². The second-order valence-corrected chi connectivity index (χ2v) is 3.34. The van der Waals surface area contributed by atoms with E-state index in [0.717, 1.165) is 5.75 Å². The van der Waals surface area contributed by atoms with Crippen molar-refractivity contribution in [3.63, 3.8) is 0 Å². The molecular formula is C11H12N2O2. The Morgan fingerprint density at radius 2 is 1.93 bits per heavy atom. The molecule has 0 N–H and O–H groups in total. The van der Waals surface area contributed by atoms with E-state index in [9.17, 15) is 0 Å². The standard InChI is InChI=1S/C11H12N2O2/c1-8-3-5-10(6-4-8)14-7-11-12-9(2)13-15-11/h3-6H,7H2,1-2H3. The van der Waals surface area contributed by atoms with Crippen LogP contribution in [0.15, 0.2) is 28.8 Å². The summed E-state index contributed by atoms with van der Waals surface area (Å²) in [5.74, 6) is 1.92. The molecule has 15 heavy (non-hydrogen) atoms. The van der Waals surface area contributed by atoms with E-state index in [0.29, 0.717) is 18.3 Å². The highest BCUT2D eigenvalue weighted by Crippen LogP contribution is 2.12. The fraction of sp³-hybridized carbons (Fsp3) is 0.273. The Labute approximate surface area is 87.9 Å². The van der Waals surface area contributed by atoms with Gasteiger partial charge in [0, 0.05) is 0 Å². The Balaban J connectivity index is 1.96. The predicted molar refractivity (Wildman–Crippen MR) is 54.5 cm³/mol. The van der Waals surface area contributed by atoms with Gasteiger partial charge in [-0.3, -0.25) is 0 Å². The second-order valence-electron chi connectivity index (χ2n) is 3.34. The van der Waals surface area contributed by atoms with E-state index < -0.39 is 0 Å². The number of aryl methyl sites for hydroxylation is 2. The monoisotopic (exact) mass is 204 g/mol. The van der Waals surface area contributed by atoms with Gasteiger partial charge in [0.25, 0.3) is 5.89 Å². The molecule has 1 aromatic carbocycles. The van der Waals surface area contributed by atoms with Crippen molar-refractivity contribution < 1.29 is 9.26 Å². The summed E-state index contributed by atoms with van der Waals surface area (Å²) in [4.78, 5) is 4.04. The van der Waals surface area contributed by atoms with Crippen LogP contribution in [0.3, 0.4) is 0 Å². The van der Waals surface area contributed by atoms with Crippen molar-refractivity contribution in [3.05, 3.63) is 41.5 Å². The van der Waals surface area contributed by atoms with Crippen LogP contribution < -0.4 is 4.74 Å². The smallest absolute Gasteiger partial charge is 0.264 e. The third kappa shape index (κ3) is 2.56. The summed E-state index contributed by atoms with van der Waals surface area (Å²) in [6.07, 6.45) is 0. The first-order valence-corrected chi connectivity index (χ1v) is 4.73. The number of rotatable bonds is 3. The fourth-order valence-electron chi connectivity index (χ4n) is 1.18. The molecule has 2 rings (SSSR count). The normalized spacial score (nSPS) is 10.3. The van der Waals surface area contributed by atoms with Crippen LogP contribution in [0.25, 0.3) is 0 Å². The van der Waals surface area contributed by atoms with Crippen molar-refractivity contribution in [1.82, 2.24) is 10.1 Å². The average molecular weight is 204 g/mol. The molecular weight excluding hydrogens is 192 g/mol. The van der Waals surface area contributed by atoms with Crippen LogP contribution in [0.4, 0.5) is 0 Å². The van der Waals surface area contributed by atoms with Gasteiger partial charge in [-0.15, -0.1) is 0 Å². The minimum atomic E-state index is 0.309. The lowest BCUT2D eigenvalue weighted by atomic mass is 10.2. The van der Waals surface area contributed by atoms with Crippen molar-refractivity contribution in [1.29, 1.82) is 0 Å². The molecule has 78 valence electrons. The van der Waals surface area contributed by atoms with Gasteiger partial charge in [0.05, 0.1) is 0 Å². The number of nitrogens with zero attached hydrogens (tertiary/aromatic N) is 2. The second kappa shape index (κ2) is 4.13. The van der Waals surface area contributed by atoms with Gasteiger partial charge in [-0.25, -0.2) is 0 Å². The quantitative estimate of drug-likeness (QED) is 0.769. The van der Waals surface area contributed by atoms with E-state index in [-0.39, 0.29) is 0 Å². The largest absolute Gasteiger partial charge is 0.484 e. The van der Waals surface area contributed by atoms with Crippen molar-refractivity contribution in [2.75, 3.05) is 0 Å². The molecule has 1 heterocycles. The van der Waals surface area contributed by atoms with Crippen LogP contribution in [0, 0.1) is 13.8 Å². The summed E-state index contributed by atoms with van der Waals surface area (Å²) in [6, 6.07) is 7.82. The SMILES string of the molecule is Cc1ccc(OCc2nc(C)no2)cc1. The summed E-state index contributed by atoms with van der Waals surface area (Å²) in [5.41, 5.74) is 1.20. The van der Waals surface area contributed by atoms with Crippen LogP contribution in [0.2, 0.25) is 0 Å². The topological polar surface area (TPSA) is 48.2 Å². The molecule has 0 aliphatic rings. The van der Waals surface area contributed by atoms with Gasteiger partial charge in [-0.05, 0) is 26.0 Å². The molecule has 0 saturated heterocycles. The van der Waals surface area contributed by atoms with E-state index in [1.807, 2.05) is 31.2 Å². The molecule has 0 bridgehead atoms. The van der Waals surface area contributed by atoms with Crippen LogP contribution in [-0.4, -0.2) is 10.1 Å². The highest BCUT2D eigenvalue weighted by atomic mass is 16.5. The zero-order valence-corrected chi connectivity index (χ0v) is 8.73. The van der Waals surface area contributed by atoms with E-state index in [1.54, 1.807) is 6.92 Å². The van der Waals surface area contributed by atoms with Crippen LogP contribution in [0.1, 0.15) is 17.3 Å². The number of aromatic nitrogens is 2. The summed E-state index contributed by atoms with van der Waals surface area (Å²) >= 11 is 0. The minimum absolute atomic E-state index is 0.309. The third-order valence-corrected chi connectivity index (χ3v) is 1.95. The highest BCUT2D eigenvalue weighted by Gasteiger charge is 2.02. The van der Waals surface area contributed by atoms with E-state index in [1.165, 1.54) is 5.56 Å². The van der Waals surface area contributed by atoms with Gasteiger partial charge < -0.3 is 9.26 Å². The predicted octanol–water partition coefficient (Wildman–Crippen LogP) is 2.27. The number of hydrogen-bond donors (Lipinski definition) is 0. The van der Waals surface area contributed by atoms with Crippen molar-refractivity contribution >= 4 is 0 Å². The highest BCUT2D eigenvalue weighted by molar-refractivity contribution is 5.26. The van der Waals surface area contributed by atoms with Crippen LogP contribution in [-0.2, 0) is 6.61 Å². The molecule has 0 amide bonds. The first-order chi connectivity index (χ1) is 7.24. The Hall–Kier alpha value is -1.84. The molecule has 0 radical (unpaired) electrons. The minimum Gasteiger partial charge on any atom is -0.484 e. The maximum atomic E-state index is 5.46. The van der Waals surface area contributed by atoms with Crippen molar-refractivity contribution in [3.8, 4) is 5.75 Å². The molecule has 1 aromatic heterocycles. The van der Waals surface area contributed by atoms with E-state index in [2.05, 4.69) is 10.1 Å². The molecule has 0 aliphatic heterocycles. The molecule has 0 fully saturated rings. The summed E-state index contributed by atoms with van der Waals surface area (Å²) in [5, 5.41) is 3.68. The Kier molecular flexibility index (Phi) is 2.67.